The number of rotatable bonds is 6. The van der Waals surface area contributed by atoms with E-state index in [1.54, 1.807) is 0 Å². The van der Waals surface area contributed by atoms with Gasteiger partial charge in [-0.1, -0.05) is 0 Å². The number of hydrogen-bond donors (Lipinski definition) is 3. The molecule has 4 aromatic rings. The fourth-order valence-corrected chi connectivity index (χ4v) is 5.00. The van der Waals surface area contributed by atoms with Gasteiger partial charge >= 0.3 is 12.1 Å². The summed E-state index contributed by atoms with van der Waals surface area (Å²) in [7, 11) is 0. The summed E-state index contributed by atoms with van der Waals surface area (Å²) >= 11 is 1.09. The van der Waals surface area contributed by atoms with Crippen LogP contribution in [0, 0.1) is 0 Å². The van der Waals surface area contributed by atoms with Gasteiger partial charge in [0.2, 0.25) is 0 Å². The lowest BCUT2D eigenvalue weighted by Crippen LogP contribution is -2.50. The van der Waals surface area contributed by atoms with Crippen LogP contribution in [0.15, 0.2) is 35.4 Å². The Hall–Kier alpha value is -3.57. The molecule has 4 atom stereocenters. The Morgan fingerprint density at radius 3 is 2.67 bits per heavy atom. The lowest BCUT2D eigenvalue weighted by Gasteiger charge is -2.34. The summed E-state index contributed by atoms with van der Waals surface area (Å²) in [5.41, 5.74) is -1.38. The van der Waals surface area contributed by atoms with Crippen molar-refractivity contribution in [2.45, 2.75) is 50.2 Å². The molecule has 1 aliphatic rings. The van der Waals surface area contributed by atoms with E-state index in [1.165, 1.54) is 18.5 Å². The van der Waals surface area contributed by atoms with E-state index in [0.717, 1.165) is 28.2 Å². The Kier molecular flexibility index (Phi) is 7.30. The molecular formula is C23H20F3N5O7S. The topological polar surface area (TPSA) is 170 Å². The lowest BCUT2D eigenvalue weighted by atomic mass is 10.0. The van der Waals surface area contributed by atoms with Gasteiger partial charge in [0.25, 0.3) is 5.56 Å². The number of fused-ring (bicyclic) bond motifs is 2. The molecule has 5 rings (SSSR count). The average molecular weight is 568 g/mol. The van der Waals surface area contributed by atoms with Crippen LogP contribution in [0.4, 0.5) is 13.2 Å². The molecule has 1 aliphatic heterocycles. The highest BCUT2D eigenvalue weighted by atomic mass is 32.1. The second-order valence-electron chi connectivity index (χ2n) is 8.73. The van der Waals surface area contributed by atoms with E-state index in [-0.39, 0.29) is 35.2 Å². The van der Waals surface area contributed by atoms with Crippen molar-refractivity contribution >= 4 is 38.6 Å². The maximum absolute atomic E-state index is 13.1. The number of carbonyl (C=O) groups excluding carboxylic acids is 1. The molecule has 39 heavy (non-hydrogen) atoms. The average Bonchev–Trinajstić information content (AvgIpc) is 3.29. The summed E-state index contributed by atoms with van der Waals surface area (Å²) < 4.78 is 50.9. The SMILES string of the molecule is O=C(Cc1nn(Cc2nc3cc(C(F)(F)F)ccc3s2)c(=O)c2nccnc12)OCC1O[C@H](O)CC(O)[C@@H]1O. The molecule has 2 unspecified atom stereocenters. The van der Waals surface area contributed by atoms with Crippen molar-refractivity contribution in [1.29, 1.82) is 0 Å². The van der Waals surface area contributed by atoms with Crippen molar-refractivity contribution in [2.24, 2.45) is 0 Å². The van der Waals surface area contributed by atoms with Gasteiger partial charge in [-0.25, -0.2) is 14.6 Å². The number of ether oxygens (including phenoxy) is 2. The van der Waals surface area contributed by atoms with Crippen molar-refractivity contribution in [3.63, 3.8) is 0 Å². The maximum atomic E-state index is 13.1. The standard InChI is InChI=1S/C23H20F3N5O7S/c24-23(25,26)10-1-2-15-11(5-10)29-16(39-15)8-31-22(36)20-19(27-3-4-28-20)12(30-31)6-17(33)37-9-14-21(35)13(32)7-18(34)38-14/h1-5,13-14,18,21,32,34-35H,6-9H2/t13?,14?,18-,21-/m0/s1. The Morgan fingerprint density at radius 1 is 1.18 bits per heavy atom. The van der Waals surface area contributed by atoms with Crippen LogP contribution in [-0.2, 0) is 33.4 Å². The minimum absolute atomic E-state index is 0.0355. The number of aliphatic hydroxyl groups is 3. The first-order valence-electron chi connectivity index (χ1n) is 11.5. The number of alkyl halides is 3. The molecule has 0 aliphatic carbocycles. The largest absolute Gasteiger partial charge is 0.463 e. The third-order valence-electron chi connectivity index (χ3n) is 5.96. The van der Waals surface area contributed by atoms with Crippen LogP contribution >= 0.6 is 11.3 Å². The molecule has 1 saturated heterocycles. The molecule has 0 radical (unpaired) electrons. The molecule has 206 valence electrons. The fraction of sp³-hybridized carbons (Fsp3) is 0.391. The van der Waals surface area contributed by atoms with Gasteiger partial charge in [0.15, 0.2) is 11.8 Å². The molecular weight excluding hydrogens is 547 g/mol. The van der Waals surface area contributed by atoms with Crippen molar-refractivity contribution in [1.82, 2.24) is 24.7 Å². The second kappa shape index (κ2) is 10.5. The number of nitrogens with zero attached hydrogens (tertiary/aromatic N) is 5. The molecule has 0 bridgehead atoms. The number of carbonyl (C=O) groups is 1. The zero-order chi connectivity index (χ0) is 27.9. The highest BCUT2D eigenvalue weighted by Gasteiger charge is 2.37. The minimum Gasteiger partial charge on any atom is -0.463 e. The van der Waals surface area contributed by atoms with E-state index in [9.17, 15) is 38.1 Å². The number of benzene rings is 1. The Labute approximate surface area is 220 Å². The van der Waals surface area contributed by atoms with Gasteiger partial charge in [0, 0.05) is 18.8 Å². The number of aliphatic hydroxyl groups excluding tert-OH is 3. The van der Waals surface area contributed by atoms with Gasteiger partial charge in [0.05, 0.1) is 34.8 Å². The first-order chi connectivity index (χ1) is 18.5. The van der Waals surface area contributed by atoms with E-state index in [1.807, 2.05) is 0 Å². The molecule has 16 heteroatoms. The normalized spacial score (nSPS) is 21.9. The number of esters is 1. The van der Waals surface area contributed by atoms with Gasteiger partial charge in [-0.3, -0.25) is 14.6 Å². The van der Waals surface area contributed by atoms with E-state index < -0.39 is 60.9 Å². The van der Waals surface area contributed by atoms with Crippen molar-refractivity contribution in [2.75, 3.05) is 6.61 Å². The van der Waals surface area contributed by atoms with E-state index in [2.05, 4.69) is 20.1 Å². The maximum Gasteiger partial charge on any atom is 0.416 e. The number of thiazole rings is 1. The van der Waals surface area contributed by atoms with Gasteiger partial charge in [-0.15, -0.1) is 11.3 Å². The van der Waals surface area contributed by atoms with Gasteiger partial charge in [0.1, 0.15) is 35.0 Å². The molecule has 0 saturated carbocycles. The van der Waals surface area contributed by atoms with Gasteiger partial charge in [-0.05, 0) is 18.2 Å². The van der Waals surface area contributed by atoms with Crippen LogP contribution < -0.4 is 5.56 Å². The number of halogens is 3. The van der Waals surface area contributed by atoms with Gasteiger partial charge in [-0.2, -0.15) is 18.3 Å². The van der Waals surface area contributed by atoms with Crippen LogP contribution in [0.1, 0.15) is 22.7 Å². The smallest absolute Gasteiger partial charge is 0.416 e. The number of hydrogen-bond acceptors (Lipinski definition) is 12. The minimum atomic E-state index is -4.53. The molecule has 3 aromatic heterocycles. The van der Waals surface area contributed by atoms with E-state index >= 15 is 0 Å². The monoisotopic (exact) mass is 567 g/mol. The zero-order valence-corrected chi connectivity index (χ0v) is 20.6. The Morgan fingerprint density at radius 2 is 1.92 bits per heavy atom. The van der Waals surface area contributed by atoms with Crippen LogP contribution in [-0.4, -0.2) is 77.2 Å². The Bertz CT molecular complexity index is 1590. The van der Waals surface area contributed by atoms with E-state index in [4.69, 9.17) is 9.47 Å². The molecule has 12 nitrogen and oxygen atoms in total. The lowest BCUT2D eigenvalue weighted by molar-refractivity contribution is -0.242. The van der Waals surface area contributed by atoms with Crippen LogP contribution in [0.5, 0.6) is 0 Å². The summed E-state index contributed by atoms with van der Waals surface area (Å²) in [5, 5.41) is 33.9. The van der Waals surface area contributed by atoms with Crippen LogP contribution in [0.2, 0.25) is 0 Å². The highest BCUT2D eigenvalue weighted by molar-refractivity contribution is 7.18. The molecule has 0 amide bonds. The summed E-state index contributed by atoms with van der Waals surface area (Å²) in [4.78, 5) is 38.0. The fourth-order valence-electron chi connectivity index (χ4n) is 4.07. The molecule has 1 aromatic carbocycles. The van der Waals surface area contributed by atoms with E-state index in [0.29, 0.717) is 9.71 Å². The molecule has 0 spiro atoms. The summed E-state index contributed by atoms with van der Waals surface area (Å²) in [6, 6.07) is 3.17. The van der Waals surface area contributed by atoms with Crippen LogP contribution in [0.3, 0.4) is 0 Å². The Balaban J connectivity index is 1.38. The van der Waals surface area contributed by atoms with Crippen molar-refractivity contribution < 1.29 is 42.8 Å². The van der Waals surface area contributed by atoms with Crippen molar-refractivity contribution in [3.05, 3.63) is 57.2 Å². The highest BCUT2D eigenvalue weighted by Crippen LogP contribution is 2.33. The summed E-state index contributed by atoms with van der Waals surface area (Å²) in [6.07, 6.45) is -7.73. The third kappa shape index (κ3) is 5.74. The summed E-state index contributed by atoms with van der Waals surface area (Å²) in [6.45, 7) is -0.672. The molecule has 3 N–H and O–H groups in total. The molecule has 1 fully saturated rings. The third-order valence-corrected chi connectivity index (χ3v) is 6.99. The van der Waals surface area contributed by atoms with Gasteiger partial charge < -0.3 is 24.8 Å². The predicted molar refractivity (Wildman–Crippen MR) is 127 cm³/mol. The van der Waals surface area contributed by atoms with Crippen LogP contribution in [0.25, 0.3) is 21.3 Å². The first-order valence-corrected chi connectivity index (χ1v) is 12.3. The summed E-state index contributed by atoms with van der Waals surface area (Å²) in [5.74, 6) is -0.829. The number of aromatic nitrogens is 5. The predicted octanol–water partition coefficient (Wildman–Crippen LogP) is 0.778. The quantitative estimate of drug-likeness (QED) is 0.281. The molecule has 4 heterocycles. The first kappa shape index (κ1) is 27.0. The zero-order valence-electron chi connectivity index (χ0n) is 19.8. The van der Waals surface area contributed by atoms with Crippen molar-refractivity contribution in [3.8, 4) is 0 Å². The second-order valence-corrected chi connectivity index (χ2v) is 9.85.